The molecule has 1 saturated heterocycles. The second kappa shape index (κ2) is 8.02. The molecule has 2 N–H and O–H groups in total. The fourth-order valence-corrected chi connectivity index (χ4v) is 5.36. The second-order valence-electron chi connectivity index (χ2n) is 9.28. The molecule has 166 valence electrons. The van der Waals surface area contributed by atoms with Gasteiger partial charge in [0, 0.05) is 25.2 Å². The molecule has 2 aromatic heterocycles. The van der Waals surface area contributed by atoms with Gasteiger partial charge in [-0.25, -0.2) is 14.6 Å². The van der Waals surface area contributed by atoms with Crippen LogP contribution in [0.4, 0.5) is 5.82 Å². The maximum atomic E-state index is 12.0. The molecule has 2 fully saturated rings. The molecule has 3 aromatic rings. The minimum atomic E-state index is 0.0287. The molecule has 1 aliphatic carbocycles. The van der Waals surface area contributed by atoms with E-state index >= 15 is 0 Å². The van der Waals surface area contributed by atoms with Crippen LogP contribution < -0.4 is 5.73 Å². The Labute approximate surface area is 187 Å². The molecule has 0 radical (unpaired) electrons. The number of fused-ring (bicyclic) bond motifs is 2. The topological polar surface area (TPSA) is 93.2 Å². The third kappa shape index (κ3) is 3.54. The average Bonchev–Trinajstić information content (AvgIpc) is 3.45. The van der Waals surface area contributed by atoms with E-state index in [0.717, 1.165) is 54.8 Å². The molecule has 8 nitrogen and oxygen atoms in total. The van der Waals surface area contributed by atoms with Gasteiger partial charge in [0.2, 0.25) is 5.91 Å². The summed E-state index contributed by atoms with van der Waals surface area (Å²) in [5.41, 5.74) is 10.2. The molecule has 5 rings (SSSR count). The van der Waals surface area contributed by atoms with Crippen LogP contribution in [-0.2, 0) is 11.3 Å². The Bertz CT molecular complexity index is 1150. The molecule has 1 aromatic carbocycles. The zero-order chi connectivity index (χ0) is 22.4. The summed E-state index contributed by atoms with van der Waals surface area (Å²) < 4.78 is 2.05. The Hall–Kier alpha value is -3.26. The zero-order valence-corrected chi connectivity index (χ0v) is 18.6. The maximum Gasteiger partial charge on any atom is 0.245 e. The van der Waals surface area contributed by atoms with Gasteiger partial charge < -0.3 is 15.5 Å². The van der Waals surface area contributed by atoms with E-state index in [1.54, 1.807) is 0 Å². The molecule has 32 heavy (non-hydrogen) atoms. The number of amides is 1. The Morgan fingerprint density at radius 3 is 2.50 bits per heavy atom. The standard InChI is InChI=1S/C24H29N7O/c1-4-20(32)30-12-17-9-19(10-18(17)13-30)31-24-21(23(25)26-14-27-24)22(28-31)16-7-5-15(6-8-16)11-29(2)3/h4-8,14,17-19H,1,9-13H2,2-3H3,(H2,25,26,27). The molecule has 2 atom stereocenters. The van der Waals surface area contributed by atoms with Crippen molar-refractivity contribution in [3.8, 4) is 11.3 Å². The van der Waals surface area contributed by atoms with Crippen LogP contribution in [0, 0.1) is 11.8 Å². The number of hydrogen-bond acceptors (Lipinski definition) is 6. The lowest BCUT2D eigenvalue weighted by Crippen LogP contribution is -2.28. The van der Waals surface area contributed by atoms with Crippen molar-refractivity contribution in [2.45, 2.75) is 25.4 Å². The smallest absolute Gasteiger partial charge is 0.245 e. The number of anilines is 1. The van der Waals surface area contributed by atoms with Crippen LogP contribution in [0.3, 0.4) is 0 Å². The quantitative estimate of drug-likeness (QED) is 0.625. The molecule has 1 aliphatic heterocycles. The lowest BCUT2D eigenvalue weighted by Gasteiger charge is -2.18. The van der Waals surface area contributed by atoms with Crippen LogP contribution in [0.25, 0.3) is 22.3 Å². The summed E-state index contributed by atoms with van der Waals surface area (Å²) in [5.74, 6) is 1.45. The fraction of sp³-hybridized carbons (Fsp3) is 0.417. The summed E-state index contributed by atoms with van der Waals surface area (Å²) in [6.45, 7) is 6.10. The molecule has 2 unspecified atom stereocenters. The van der Waals surface area contributed by atoms with Crippen LogP contribution >= 0.6 is 0 Å². The van der Waals surface area contributed by atoms with Gasteiger partial charge in [-0.05, 0) is 50.4 Å². The highest BCUT2D eigenvalue weighted by atomic mass is 16.2. The first-order chi connectivity index (χ1) is 15.4. The predicted molar refractivity (Wildman–Crippen MR) is 125 cm³/mol. The van der Waals surface area contributed by atoms with Crippen LogP contribution in [0.5, 0.6) is 0 Å². The Balaban J connectivity index is 1.47. The second-order valence-corrected chi connectivity index (χ2v) is 9.28. The van der Waals surface area contributed by atoms with Crippen LogP contribution in [0.1, 0.15) is 24.4 Å². The maximum absolute atomic E-state index is 12.0. The molecule has 1 amide bonds. The van der Waals surface area contributed by atoms with Gasteiger partial charge in [-0.2, -0.15) is 5.10 Å². The van der Waals surface area contributed by atoms with E-state index < -0.39 is 0 Å². The summed E-state index contributed by atoms with van der Waals surface area (Å²) >= 11 is 0. The van der Waals surface area contributed by atoms with Gasteiger partial charge >= 0.3 is 0 Å². The van der Waals surface area contributed by atoms with Crippen LogP contribution in [0.2, 0.25) is 0 Å². The van der Waals surface area contributed by atoms with Crippen molar-refractivity contribution >= 4 is 22.8 Å². The molecule has 8 heteroatoms. The molecule has 0 spiro atoms. The van der Waals surface area contributed by atoms with Gasteiger partial charge in [0.05, 0.1) is 11.4 Å². The highest BCUT2D eigenvalue weighted by Crippen LogP contribution is 2.45. The number of benzene rings is 1. The first-order valence-corrected chi connectivity index (χ1v) is 11.1. The Morgan fingerprint density at radius 1 is 1.19 bits per heavy atom. The van der Waals surface area contributed by atoms with E-state index in [4.69, 9.17) is 10.8 Å². The van der Waals surface area contributed by atoms with Crippen molar-refractivity contribution in [1.29, 1.82) is 0 Å². The normalized spacial score (nSPS) is 22.6. The number of nitrogens with zero attached hydrogens (tertiary/aromatic N) is 6. The predicted octanol–water partition coefficient (Wildman–Crippen LogP) is 2.73. The first-order valence-electron chi connectivity index (χ1n) is 11.1. The monoisotopic (exact) mass is 431 g/mol. The number of aromatic nitrogens is 4. The lowest BCUT2D eigenvalue weighted by molar-refractivity contribution is -0.125. The molecular weight excluding hydrogens is 402 g/mol. The third-order valence-electron chi connectivity index (χ3n) is 6.80. The lowest BCUT2D eigenvalue weighted by atomic mass is 10.0. The summed E-state index contributed by atoms with van der Waals surface area (Å²) in [7, 11) is 4.12. The molecule has 0 bridgehead atoms. The zero-order valence-electron chi connectivity index (χ0n) is 18.6. The van der Waals surface area contributed by atoms with Crippen molar-refractivity contribution in [2.24, 2.45) is 11.8 Å². The number of carbonyl (C=O) groups excluding carboxylic acids is 1. The van der Waals surface area contributed by atoms with E-state index in [1.165, 1.54) is 18.0 Å². The van der Waals surface area contributed by atoms with Crippen LogP contribution in [0.15, 0.2) is 43.2 Å². The summed E-state index contributed by atoms with van der Waals surface area (Å²) in [6.07, 6.45) is 4.89. The Kier molecular flexibility index (Phi) is 5.17. The number of rotatable bonds is 5. The van der Waals surface area contributed by atoms with Crippen molar-refractivity contribution in [3.05, 3.63) is 48.8 Å². The Morgan fingerprint density at radius 2 is 1.88 bits per heavy atom. The van der Waals surface area contributed by atoms with Crippen LogP contribution in [-0.4, -0.2) is 62.6 Å². The summed E-state index contributed by atoms with van der Waals surface area (Å²) in [5, 5.41) is 5.83. The summed E-state index contributed by atoms with van der Waals surface area (Å²) in [4.78, 5) is 24.9. The van der Waals surface area contributed by atoms with Gasteiger partial charge in [-0.3, -0.25) is 4.79 Å². The van der Waals surface area contributed by atoms with Gasteiger partial charge in [-0.15, -0.1) is 0 Å². The van der Waals surface area contributed by atoms with Gasteiger partial charge in [0.15, 0.2) is 5.65 Å². The SMILES string of the molecule is C=CC(=O)N1CC2CC(n3nc(-c4ccc(CN(C)C)cc4)c4c(N)ncnc43)CC2C1. The largest absolute Gasteiger partial charge is 0.383 e. The fourth-order valence-electron chi connectivity index (χ4n) is 5.36. The highest BCUT2D eigenvalue weighted by Gasteiger charge is 2.43. The van der Waals surface area contributed by atoms with Crippen molar-refractivity contribution < 1.29 is 4.79 Å². The number of carbonyl (C=O) groups is 1. The van der Waals surface area contributed by atoms with E-state index in [9.17, 15) is 4.79 Å². The highest BCUT2D eigenvalue weighted by molar-refractivity contribution is 5.98. The van der Waals surface area contributed by atoms with Gasteiger partial charge in [-0.1, -0.05) is 30.8 Å². The van der Waals surface area contributed by atoms with E-state index in [2.05, 4.69) is 64.5 Å². The van der Waals surface area contributed by atoms with Crippen molar-refractivity contribution in [3.63, 3.8) is 0 Å². The van der Waals surface area contributed by atoms with Crippen molar-refractivity contribution in [2.75, 3.05) is 32.9 Å². The summed E-state index contributed by atoms with van der Waals surface area (Å²) in [6, 6.07) is 8.69. The van der Waals surface area contributed by atoms with E-state index in [1.807, 2.05) is 4.90 Å². The number of nitrogen functional groups attached to an aromatic ring is 1. The minimum absolute atomic E-state index is 0.0287. The third-order valence-corrected chi connectivity index (χ3v) is 6.80. The van der Waals surface area contributed by atoms with E-state index in [-0.39, 0.29) is 11.9 Å². The molecule has 3 heterocycles. The molecular formula is C24H29N7O. The number of hydrogen-bond donors (Lipinski definition) is 1. The van der Waals surface area contributed by atoms with Crippen molar-refractivity contribution in [1.82, 2.24) is 29.5 Å². The molecule has 1 saturated carbocycles. The average molecular weight is 432 g/mol. The number of nitrogens with two attached hydrogens (primary N) is 1. The van der Waals surface area contributed by atoms with Gasteiger partial charge in [0.25, 0.3) is 0 Å². The van der Waals surface area contributed by atoms with Gasteiger partial charge in [0.1, 0.15) is 17.8 Å². The first kappa shape index (κ1) is 20.6. The molecule has 2 aliphatic rings. The number of likely N-dealkylation sites (tertiary alicyclic amines) is 1. The van der Waals surface area contributed by atoms with E-state index in [0.29, 0.717) is 17.7 Å². The minimum Gasteiger partial charge on any atom is -0.383 e.